The SMILES string of the molecule is C[C@H](O)[C@@]12CN(C)[C@H]3C[C@@H]1[C@@H](C(=O)O2)[C@@]12CC(=O)O[C@@]31Nc1ccccc12. The lowest BCUT2D eigenvalue weighted by molar-refractivity contribution is -0.194. The number of carbonyl (C=O) groups excluding carboxylic acids is 2. The van der Waals surface area contributed by atoms with Crippen LogP contribution in [-0.4, -0.2) is 59.0 Å². The molecule has 4 aliphatic heterocycles. The van der Waals surface area contributed by atoms with Crippen molar-refractivity contribution in [2.75, 3.05) is 18.9 Å². The maximum Gasteiger partial charge on any atom is 0.311 e. The van der Waals surface area contributed by atoms with E-state index in [-0.39, 0.29) is 30.3 Å². The molecular formula is C20H22N2O5. The highest BCUT2D eigenvalue weighted by Crippen LogP contribution is 2.70. The molecular weight excluding hydrogens is 348 g/mol. The number of fused-ring (bicyclic) bond motifs is 2. The second-order valence-corrected chi connectivity index (χ2v) is 8.83. The van der Waals surface area contributed by atoms with Crippen molar-refractivity contribution in [1.82, 2.24) is 4.90 Å². The fraction of sp³-hybridized carbons (Fsp3) is 0.600. The summed E-state index contributed by atoms with van der Waals surface area (Å²) in [4.78, 5) is 28.0. The zero-order chi connectivity index (χ0) is 18.8. The molecule has 1 aromatic carbocycles. The van der Waals surface area contributed by atoms with Gasteiger partial charge >= 0.3 is 11.9 Å². The Morgan fingerprint density at radius 1 is 1.30 bits per heavy atom. The highest BCUT2D eigenvalue weighted by atomic mass is 16.6. The summed E-state index contributed by atoms with van der Waals surface area (Å²) in [6, 6.07) is 7.74. The smallest absolute Gasteiger partial charge is 0.311 e. The number of ether oxygens (including phenoxy) is 2. The first-order valence-corrected chi connectivity index (χ1v) is 9.56. The Morgan fingerprint density at radius 3 is 2.85 bits per heavy atom. The molecule has 2 bridgehead atoms. The Labute approximate surface area is 156 Å². The number of para-hydroxylation sites is 1. The van der Waals surface area contributed by atoms with Gasteiger partial charge in [0.25, 0.3) is 0 Å². The third-order valence-corrected chi connectivity index (χ3v) is 7.88. The van der Waals surface area contributed by atoms with E-state index in [1.807, 2.05) is 31.3 Å². The van der Waals surface area contributed by atoms with Crippen LogP contribution < -0.4 is 5.32 Å². The number of nitrogens with one attached hydrogen (secondary N) is 1. The molecule has 4 heterocycles. The molecule has 6 rings (SSSR count). The largest absolute Gasteiger partial charge is 0.454 e. The Hall–Kier alpha value is -2.12. The van der Waals surface area contributed by atoms with Crippen LogP contribution in [0.4, 0.5) is 5.69 Å². The first-order valence-electron chi connectivity index (χ1n) is 9.56. The first kappa shape index (κ1) is 15.9. The minimum Gasteiger partial charge on any atom is -0.454 e. The van der Waals surface area contributed by atoms with Gasteiger partial charge in [-0.2, -0.15) is 0 Å². The highest BCUT2D eigenvalue weighted by molar-refractivity contribution is 5.89. The van der Waals surface area contributed by atoms with Crippen molar-refractivity contribution in [2.24, 2.45) is 11.8 Å². The summed E-state index contributed by atoms with van der Waals surface area (Å²) < 4.78 is 12.0. The highest BCUT2D eigenvalue weighted by Gasteiger charge is 2.83. The molecule has 1 saturated carbocycles. The molecule has 7 nitrogen and oxygen atoms in total. The molecule has 1 aliphatic carbocycles. The topological polar surface area (TPSA) is 88.1 Å². The zero-order valence-electron chi connectivity index (χ0n) is 15.3. The lowest BCUT2D eigenvalue weighted by Crippen LogP contribution is -2.75. The van der Waals surface area contributed by atoms with Crippen LogP contribution in [0.15, 0.2) is 24.3 Å². The number of aliphatic hydroxyl groups is 1. The van der Waals surface area contributed by atoms with Gasteiger partial charge in [0.15, 0.2) is 5.60 Å². The van der Waals surface area contributed by atoms with E-state index >= 15 is 0 Å². The van der Waals surface area contributed by atoms with Crippen molar-refractivity contribution in [3.63, 3.8) is 0 Å². The van der Waals surface area contributed by atoms with Crippen molar-refractivity contribution in [3.05, 3.63) is 29.8 Å². The number of likely N-dealkylation sites (N-methyl/N-ethyl adjacent to an activating group) is 1. The molecule has 2 N–H and O–H groups in total. The summed E-state index contributed by atoms with van der Waals surface area (Å²) in [6.07, 6.45) is -0.00666. The summed E-state index contributed by atoms with van der Waals surface area (Å²) in [5.74, 6) is -1.28. The normalized spacial score (nSPS) is 47.4. The maximum absolute atomic E-state index is 13.3. The number of nitrogens with zero attached hydrogens (tertiary/aromatic N) is 1. The van der Waals surface area contributed by atoms with E-state index in [9.17, 15) is 14.7 Å². The number of hydrogen-bond acceptors (Lipinski definition) is 7. The fourth-order valence-corrected chi connectivity index (χ4v) is 6.96. The number of anilines is 1. The molecule has 0 aromatic heterocycles. The van der Waals surface area contributed by atoms with Crippen molar-refractivity contribution in [2.45, 2.75) is 48.7 Å². The van der Waals surface area contributed by atoms with Crippen LogP contribution >= 0.6 is 0 Å². The molecule has 7 atom stereocenters. The molecule has 4 fully saturated rings. The third-order valence-electron chi connectivity index (χ3n) is 7.88. The Bertz CT molecular complexity index is 902. The lowest BCUT2D eigenvalue weighted by atomic mass is 9.50. The second kappa shape index (κ2) is 4.47. The average molecular weight is 370 g/mol. The Kier molecular flexibility index (Phi) is 2.63. The molecule has 5 aliphatic rings. The van der Waals surface area contributed by atoms with Crippen molar-refractivity contribution in [3.8, 4) is 0 Å². The van der Waals surface area contributed by atoms with E-state index in [2.05, 4.69) is 10.2 Å². The van der Waals surface area contributed by atoms with Gasteiger partial charge in [-0.15, -0.1) is 0 Å². The molecule has 0 spiro atoms. The summed E-state index contributed by atoms with van der Waals surface area (Å²) in [5.41, 5.74) is -0.858. The Balaban J connectivity index is 1.67. The number of likely N-dealkylation sites (tertiary alicyclic amines) is 1. The van der Waals surface area contributed by atoms with E-state index in [4.69, 9.17) is 9.47 Å². The van der Waals surface area contributed by atoms with Crippen molar-refractivity contribution < 1.29 is 24.2 Å². The van der Waals surface area contributed by atoms with E-state index < -0.39 is 28.8 Å². The third kappa shape index (κ3) is 1.45. The van der Waals surface area contributed by atoms with Crippen molar-refractivity contribution >= 4 is 17.6 Å². The standard InChI is InChI=1S/C20H22N2O5/c1-10(23)19-9-22(2)14-7-12(19)16(17(25)27-19)18-8-15(24)26-20(14,18)21-13-6-4-3-5-11(13)18/h3-6,10,12,14,16,21,23H,7-9H2,1-2H3/t10-,12+,14-,16-,18-,19-,20-/m0/s1. The van der Waals surface area contributed by atoms with Crippen LogP contribution in [0.2, 0.25) is 0 Å². The summed E-state index contributed by atoms with van der Waals surface area (Å²) in [5, 5.41) is 14.1. The Morgan fingerprint density at radius 2 is 2.07 bits per heavy atom. The predicted molar refractivity (Wildman–Crippen MR) is 93.7 cm³/mol. The van der Waals surface area contributed by atoms with Crippen LogP contribution in [0.1, 0.15) is 25.3 Å². The maximum atomic E-state index is 13.3. The van der Waals surface area contributed by atoms with Gasteiger partial charge < -0.3 is 19.9 Å². The first-order chi connectivity index (χ1) is 12.9. The van der Waals surface area contributed by atoms with E-state index in [0.717, 1.165) is 11.3 Å². The van der Waals surface area contributed by atoms with Crippen LogP contribution in [0, 0.1) is 11.8 Å². The summed E-state index contributed by atoms with van der Waals surface area (Å²) in [6.45, 7) is 2.12. The van der Waals surface area contributed by atoms with Gasteiger partial charge in [0.1, 0.15) is 0 Å². The zero-order valence-corrected chi connectivity index (χ0v) is 15.3. The van der Waals surface area contributed by atoms with Gasteiger partial charge in [-0.25, -0.2) is 0 Å². The van der Waals surface area contributed by atoms with Gasteiger partial charge in [0.2, 0.25) is 5.72 Å². The van der Waals surface area contributed by atoms with Crippen molar-refractivity contribution in [1.29, 1.82) is 0 Å². The predicted octanol–water partition coefficient (Wildman–Crippen LogP) is 0.620. The van der Waals surface area contributed by atoms with Gasteiger partial charge in [-0.05, 0) is 32.0 Å². The molecule has 142 valence electrons. The second-order valence-electron chi connectivity index (χ2n) is 8.83. The van der Waals surface area contributed by atoms with Gasteiger partial charge in [-0.3, -0.25) is 14.5 Å². The quantitative estimate of drug-likeness (QED) is 0.701. The molecule has 0 radical (unpaired) electrons. The van der Waals surface area contributed by atoms with Crippen LogP contribution in [0.25, 0.3) is 0 Å². The average Bonchev–Trinajstić information content (AvgIpc) is 3.17. The molecule has 0 unspecified atom stereocenters. The lowest BCUT2D eigenvalue weighted by Gasteiger charge is -2.59. The molecule has 1 aromatic rings. The minimum absolute atomic E-state index is 0.0982. The summed E-state index contributed by atoms with van der Waals surface area (Å²) in [7, 11) is 1.95. The van der Waals surface area contributed by atoms with Crippen LogP contribution in [0.3, 0.4) is 0 Å². The van der Waals surface area contributed by atoms with Crippen LogP contribution in [-0.2, 0) is 24.5 Å². The molecule has 3 saturated heterocycles. The van der Waals surface area contributed by atoms with E-state index in [1.54, 1.807) is 6.92 Å². The number of benzene rings is 1. The number of hydrogen-bond donors (Lipinski definition) is 2. The number of rotatable bonds is 1. The fourth-order valence-electron chi connectivity index (χ4n) is 6.96. The molecule has 0 amide bonds. The van der Waals surface area contributed by atoms with E-state index in [1.165, 1.54) is 0 Å². The molecule has 27 heavy (non-hydrogen) atoms. The van der Waals surface area contributed by atoms with Gasteiger partial charge in [-0.1, -0.05) is 18.2 Å². The monoisotopic (exact) mass is 370 g/mol. The minimum atomic E-state index is -0.974. The van der Waals surface area contributed by atoms with Crippen LogP contribution in [0.5, 0.6) is 0 Å². The number of piperidine rings is 1. The molecule has 7 heteroatoms. The summed E-state index contributed by atoms with van der Waals surface area (Å²) >= 11 is 0. The number of aliphatic hydroxyl groups excluding tert-OH is 1. The number of esters is 2. The van der Waals surface area contributed by atoms with E-state index in [0.29, 0.717) is 13.0 Å². The van der Waals surface area contributed by atoms with Gasteiger partial charge in [0.05, 0.1) is 29.9 Å². The van der Waals surface area contributed by atoms with Gasteiger partial charge in [0, 0.05) is 18.2 Å². The number of carbonyl (C=O) groups is 2.